The highest BCUT2D eigenvalue weighted by atomic mass is 32.2. The van der Waals surface area contributed by atoms with Gasteiger partial charge < -0.3 is 0 Å². The van der Waals surface area contributed by atoms with Crippen molar-refractivity contribution in [3.8, 4) is 10.6 Å². The maximum Gasteiger partial charge on any atom is 0.313 e. The van der Waals surface area contributed by atoms with E-state index in [0.717, 1.165) is 5.56 Å². The largest absolute Gasteiger partial charge is 0.313 e. The zero-order chi connectivity index (χ0) is 10.9. The first-order valence-corrected chi connectivity index (χ1v) is 6.38. The van der Waals surface area contributed by atoms with E-state index in [1.54, 1.807) is 0 Å². The molecule has 0 saturated heterocycles. The van der Waals surface area contributed by atoms with Crippen LogP contribution in [0.2, 0.25) is 0 Å². The van der Waals surface area contributed by atoms with Crippen LogP contribution in [0.3, 0.4) is 0 Å². The number of benzene rings is 1. The van der Waals surface area contributed by atoms with Gasteiger partial charge in [-0.05, 0) is 0 Å². The highest BCUT2D eigenvalue weighted by Gasteiger charge is 2.14. The minimum atomic E-state index is -4.19. The summed E-state index contributed by atoms with van der Waals surface area (Å²) in [6.45, 7) is 0. The molecule has 0 aliphatic heterocycles. The average molecular weight is 241 g/mol. The average Bonchev–Trinajstić information content (AvgIpc) is 2.67. The lowest BCUT2D eigenvalue weighted by Crippen LogP contribution is -1.97. The summed E-state index contributed by atoms with van der Waals surface area (Å²) in [7, 11) is -4.19. The molecule has 0 fully saturated rings. The Kier molecular flexibility index (Phi) is 2.56. The Morgan fingerprint density at radius 2 is 1.87 bits per heavy atom. The second-order valence-electron chi connectivity index (χ2n) is 2.83. The summed E-state index contributed by atoms with van der Waals surface area (Å²) >= 11 is 1.18. The molecule has 0 saturated carbocycles. The third-order valence-electron chi connectivity index (χ3n) is 1.77. The third-order valence-corrected chi connectivity index (χ3v) is 3.55. The highest BCUT2D eigenvalue weighted by molar-refractivity contribution is 7.85. The first-order chi connectivity index (χ1) is 7.07. The Morgan fingerprint density at radius 1 is 1.20 bits per heavy atom. The van der Waals surface area contributed by atoms with E-state index in [9.17, 15) is 8.42 Å². The quantitative estimate of drug-likeness (QED) is 0.817. The molecule has 0 aliphatic rings. The zero-order valence-electron chi connectivity index (χ0n) is 7.49. The van der Waals surface area contributed by atoms with Gasteiger partial charge in [0.25, 0.3) is 0 Å². The van der Waals surface area contributed by atoms with Crippen LogP contribution in [0.4, 0.5) is 0 Å². The normalized spacial score (nSPS) is 11.5. The first kappa shape index (κ1) is 10.3. The summed E-state index contributed by atoms with van der Waals surface area (Å²) < 4.78 is 30.3. The Bertz CT molecular complexity index is 560. The van der Waals surface area contributed by atoms with E-state index in [4.69, 9.17) is 4.55 Å². The third kappa shape index (κ3) is 2.23. The molecule has 1 aromatic heterocycles. The lowest BCUT2D eigenvalue weighted by Gasteiger charge is -1.93. The molecule has 0 unspecified atom stereocenters. The molecule has 2 rings (SSSR count). The van der Waals surface area contributed by atoms with Crippen LogP contribution in [0, 0.1) is 0 Å². The van der Waals surface area contributed by atoms with Crippen LogP contribution in [0.5, 0.6) is 0 Å². The van der Waals surface area contributed by atoms with Crippen LogP contribution in [0.15, 0.2) is 40.7 Å². The zero-order valence-corrected chi connectivity index (χ0v) is 9.12. The summed E-state index contributed by atoms with van der Waals surface area (Å²) in [5.74, 6) is 0. The molecule has 1 N–H and O–H groups in total. The van der Waals surface area contributed by atoms with Crippen molar-refractivity contribution in [2.75, 3.05) is 0 Å². The first-order valence-electron chi connectivity index (χ1n) is 4.06. The van der Waals surface area contributed by atoms with Gasteiger partial charge in [0.05, 0.1) is 0 Å². The molecule has 1 heterocycles. The van der Waals surface area contributed by atoms with E-state index in [1.807, 2.05) is 30.3 Å². The molecule has 0 aliphatic carbocycles. The molecule has 0 radical (unpaired) electrons. The Hall–Kier alpha value is -1.24. The smallest absolute Gasteiger partial charge is 0.281 e. The van der Waals surface area contributed by atoms with Gasteiger partial charge in [-0.2, -0.15) is 8.42 Å². The molecular formula is C9H7NO3S2. The number of hydrogen-bond acceptors (Lipinski definition) is 4. The molecule has 1 aromatic carbocycles. The van der Waals surface area contributed by atoms with E-state index in [1.165, 1.54) is 16.7 Å². The summed E-state index contributed by atoms with van der Waals surface area (Å²) in [5, 5.41) is 1.59. The summed E-state index contributed by atoms with van der Waals surface area (Å²) in [5.41, 5.74) is 0.831. The van der Waals surface area contributed by atoms with Crippen LogP contribution in [-0.4, -0.2) is 18.0 Å². The van der Waals surface area contributed by atoms with E-state index >= 15 is 0 Å². The fourth-order valence-corrected chi connectivity index (χ4v) is 2.67. The Balaban J connectivity index is 2.46. The van der Waals surface area contributed by atoms with Gasteiger partial charge in [0.1, 0.15) is 5.01 Å². The van der Waals surface area contributed by atoms with Gasteiger partial charge in [-0.1, -0.05) is 30.3 Å². The molecule has 15 heavy (non-hydrogen) atoms. The summed E-state index contributed by atoms with van der Waals surface area (Å²) in [6.07, 6.45) is 0. The minimum Gasteiger partial charge on any atom is -0.281 e. The molecule has 0 atom stereocenters. The van der Waals surface area contributed by atoms with E-state index in [2.05, 4.69) is 4.98 Å². The number of nitrogens with zero attached hydrogens (tertiary/aromatic N) is 1. The van der Waals surface area contributed by atoms with Crippen LogP contribution in [0.25, 0.3) is 10.6 Å². The number of aromatic nitrogens is 1. The molecule has 6 heteroatoms. The van der Waals surface area contributed by atoms with Gasteiger partial charge in [-0.3, -0.25) is 4.55 Å². The Labute approximate surface area is 91.0 Å². The molecule has 0 bridgehead atoms. The van der Waals surface area contributed by atoms with E-state index in [-0.39, 0.29) is 5.03 Å². The van der Waals surface area contributed by atoms with Crippen molar-refractivity contribution < 1.29 is 13.0 Å². The van der Waals surface area contributed by atoms with Crippen LogP contribution in [0.1, 0.15) is 0 Å². The minimum absolute atomic E-state index is 0.300. The number of thiazole rings is 1. The predicted molar refractivity (Wildman–Crippen MR) is 57.4 cm³/mol. The Morgan fingerprint density at radius 3 is 2.40 bits per heavy atom. The van der Waals surface area contributed by atoms with Gasteiger partial charge in [0.2, 0.25) is 0 Å². The van der Waals surface area contributed by atoms with Crippen molar-refractivity contribution in [1.29, 1.82) is 0 Å². The number of rotatable bonds is 2. The second kappa shape index (κ2) is 3.73. The number of hydrogen-bond donors (Lipinski definition) is 1. The molecule has 78 valence electrons. The van der Waals surface area contributed by atoms with E-state index < -0.39 is 10.1 Å². The fraction of sp³-hybridized carbons (Fsp3) is 0. The van der Waals surface area contributed by atoms with E-state index in [0.29, 0.717) is 5.01 Å². The summed E-state index contributed by atoms with van der Waals surface area (Å²) in [6, 6.07) is 9.19. The maximum atomic E-state index is 10.8. The topological polar surface area (TPSA) is 67.3 Å². The van der Waals surface area contributed by atoms with Crippen molar-refractivity contribution in [2.24, 2.45) is 0 Å². The van der Waals surface area contributed by atoms with Gasteiger partial charge in [0, 0.05) is 10.9 Å². The van der Waals surface area contributed by atoms with Crippen molar-refractivity contribution >= 4 is 21.5 Å². The van der Waals surface area contributed by atoms with Crippen LogP contribution >= 0.6 is 11.3 Å². The fourth-order valence-electron chi connectivity index (χ4n) is 1.09. The van der Waals surface area contributed by atoms with Gasteiger partial charge in [-0.25, -0.2) is 4.98 Å². The second-order valence-corrected chi connectivity index (χ2v) is 5.06. The van der Waals surface area contributed by atoms with Crippen molar-refractivity contribution in [3.05, 3.63) is 35.7 Å². The van der Waals surface area contributed by atoms with Gasteiger partial charge in [-0.15, -0.1) is 11.3 Å². The highest BCUT2D eigenvalue weighted by Crippen LogP contribution is 2.24. The predicted octanol–water partition coefficient (Wildman–Crippen LogP) is 2.06. The summed E-state index contributed by atoms with van der Waals surface area (Å²) in [4.78, 5) is 3.83. The van der Waals surface area contributed by atoms with Gasteiger partial charge >= 0.3 is 10.1 Å². The molecule has 0 spiro atoms. The van der Waals surface area contributed by atoms with Crippen molar-refractivity contribution in [2.45, 2.75) is 5.03 Å². The van der Waals surface area contributed by atoms with Crippen molar-refractivity contribution in [3.63, 3.8) is 0 Å². The lowest BCUT2D eigenvalue weighted by atomic mass is 10.2. The van der Waals surface area contributed by atoms with Crippen molar-refractivity contribution in [1.82, 2.24) is 4.98 Å². The van der Waals surface area contributed by atoms with Gasteiger partial charge in [0.15, 0.2) is 5.03 Å². The van der Waals surface area contributed by atoms with Crippen LogP contribution < -0.4 is 0 Å². The molecule has 4 nitrogen and oxygen atoms in total. The monoisotopic (exact) mass is 241 g/mol. The maximum absolute atomic E-state index is 10.8. The lowest BCUT2D eigenvalue weighted by molar-refractivity contribution is 0.480. The van der Waals surface area contributed by atoms with Crippen LogP contribution in [-0.2, 0) is 10.1 Å². The SMILES string of the molecule is O=S(=O)(O)c1csc(-c2ccccc2)n1. The standard InChI is InChI=1S/C9H7NO3S2/c11-15(12,13)8-6-14-9(10-8)7-4-2-1-3-5-7/h1-6H,(H,11,12,13). The molecule has 0 amide bonds. The molecule has 2 aromatic rings. The molecular weight excluding hydrogens is 234 g/mol.